The van der Waals surface area contributed by atoms with Crippen LogP contribution in [0.1, 0.15) is 19.4 Å². The van der Waals surface area contributed by atoms with Gasteiger partial charge >= 0.3 is 0 Å². The highest BCUT2D eigenvalue weighted by molar-refractivity contribution is 5.79. The lowest BCUT2D eigenvalue weighted by molar-refractivity contribution is 1.36. The van der Waals surface area contributed by atoms with Gasteiger partial charge in [-0.3, -0.25) is 4.99 Å². The van der Waals surface area contributed by atoms with Crippen molar-refractivity contribution in [3.8, 4) is 0 Å². The molecule has 0 amide bonds. The van der Waals surface area contributed by atoms with E-state index in [-0.39, 0.29) is 0 Å². The van der Waals surface area contributed by atoms with Crippen LogP contribution in [0.2, 0.25) is 0 Å². The van der Waals surface area contributed by atoms with E-state index >= 15 is 0 Å². The Bertz CT molecular complexity index is 424. The van der Waals surface area contributed by atoms with Gasteiger partial charge < -0.3 is 5.32 Å². The van der Waals surface area contributed by atoms with Gasteiger partial charge in [-0.05, 0) is 38.5 Å². The number of hydrogen-bond donors (Lipinski definition) is 1. The lowest BCUT2D eigenvalue weighted by atomic mass is 10.2. The highest BCUT2D eigenvalue weighted by Gasteiger charge is 1.96. The van der Waals surface area contributed by atoms with Gasteiger partial charge in [-0.15, -0.1) is 0 Å². The number of benzene rings is 1. The van der Waals surface area contributed by atoms with E-state index in [0.29, 0.717) is 0 Å². The minimum atomic E-state index is 0.899. The van der Waals surface area contributed by atoms with Gasteiger partial charge in [0.25, 0.3) is 0 Å². The fourth-order valence-corrected chi connectivity index (χ4v) is 1.20. The quantitative estimate of drug-likeness (QED) is 0.596. The SMILES string of the molecule is C=C/C(=C\N=C(C)C)Nc1ccccc1C. The molecule has 0 bridgehead atoms. The van der Waals surface area contributed by atoms with Gasteiger partial charge in [0.1, 0.15) is 0 Å². The standard InChI is InChI=1S/C14H18N2/c1-5-13(10-15-11(2)3)16-14-9-7-6-8-12(14)4/h5-10,16H,1H2,2-4H3/b13-10+. The average Bonchev–Trinajstić information content (AvgIpc) is 2.26. The zero-order valence-corrected chi connectivity index (χ0v) is 10.1. The van der Waals surface area contributed by atoms with E-state index in [4.69, 9.17) is 0 Å². The van der Waals surface area contributed by atoms with E-state index < -0.39 is 0 Å². The van der Waals surface area contributed by atoms with E-state index in [1.54, 1.807) is 12.3 Å². The van der Waals surface area contributed by atoms with Gasteiger partial charge in [0, 0.05) is 11.4 Å². The zero-order chi connectivity index (χ0) is 12.0. The van der Waals surface area contributed by atoms with Crippen LogP contribution in [0.25, 0.3) is 0 Å². The van der Waals surface area contributed by atoms with Crippen LogP contribution in [0, 0.1) is 6.92 Å². The van der Waals surface area contributed by atoms with Crippen LogP contribution in [0.15, 0.2) is 53.8 Å². The number of nitrogens with zero attached hydrogens (tertiary/aromatic N) is 1. The molecule has 0 unspecified atom stereocenters. The maximum atomic E-state index is 4.24. The molecule has 2 nitrogen and oxygen atoms in total. The van der Waals surface area contributed by atoms with Crippen LogP contribution < -0.4 is 5.32 Å². The zero-order valence-electron chi connectivity index (χ0n) is 10.1. The van der Waals surface area contributed by atoms with Crippen LogP contribution in [-0.2, 0) is 0 Å². The summed E-state index contributed by atoms with van der Waals surface area (Å²) >= 11 is 0. The first-order valence-corrected chi connectivity index (χ1v) is 5.29. The number of allylic oxidation sites excluding steroid dienone is 1. The van der Waals surface area contributed by atoms with Crippen molar-refractivity contribution in [1.29, 1.82) is 0 Å². The second-order valence-corrected chi connectivity index (χ2v) is 3.80. The van der Waals surface area contributed by atoms with Gasteiger partial charge in [0.05, 0.1) is 11.9 Å². The number of anilines is 1. The lowest BCUT2D eigenvalue weighted by Gasteiger charge is -2.08. The number of aryl methyl sites for hydroxylation is 1. The second kappa shape index (κ2) is 5.91. The molecular weight excluding hydrogens is 196 g/mol. The van der Waals surface area contributed by atoms with Crippen molar-refractivity contribution in [2.24, 2.45) is 4.99 Å². The Morgan fingerprint density at radius 2 is 2.00 bits per heavy atom. The monoisotopic (exact) mass is 214 g/mol. The normalized spacial score (nSPS) is 10.8. The number of hydrogen-bond acceptors (Lipinski definition) is 2. The smallest absolute Gasteiger partial charge is 0.0564 e. The van der Waals surface area contributed by atoms with Crippen molar-refractivity contribution in [1.82, 2.24) is 0 Å². The molecule has 0 saturated heterocycles. The van der Waals surface area contributed by atoms with Gasteiger partial charge in [0.15, 0.2) is 0 Å². The van der Waals surface area contributed by atoms with Crippen molar-refractivity contribution >= 4 is 11.4 Å². The number of aliphatic imine (C=N–C) groups is 1. The van der Waals surface area contributed by atoms with Crippen molar-refractivity contribution < 1.29 is 0 Å². The Hall–Kier alpha value is -1.83. The molecule has 84 valence electrons. The molecule has 1 N–H and O–H groups in total. The van der Waals surface area contributed by atoms with Gasteiger partial charge in [0.2, 0.25) is 0 Å². The Balaban J connectivity index is 2.87. The number of rotatable bonds is 4. The van der Waals surface area contributed by atoms with Gasteiger partial charge in [-0.25, -0.2) is 0 Å². The summed E-state index contributed by atoms with van der Waals surface area (Å²) < 4.78 is 0. The van der Waals surface area contributed by atoms with Crippen LogP contribution in [0.4, 0.5) is 5.69 Å². The van der Waals surface area contributed by atoms with E-state index in [2.05, 4.69) is 29.9 Å². The third-order valence-corrected chi connectivity index (χ3v) is 2.11. The topological polar surface area (TPSA) is 24.4 Å². The van der Waals surface area contributed by atoms with Crippen LogP contribution in [0.3, 0.4) is 0 Å². The highest BCUT2D eigenvalue weighted by atomic mass is 14.9. The van der Waals surface area contributed by atoms with Crippen LogP contribution >= 0.6 is 0 Å². The molecule has 2 heteroatoms. The molecule has 0 heterocycles. The van der Waals surface area contributed by atoms with Crippen molar-refractivity contribution in [3.63, 3.8) is 0 Å². The Kier molecular flexibility index (Phi) is 4.52. The summed E-state index contributed by atoms with van der Waals surface area (Å²) in [5, 5.41) is 3.29. The lowest BCUT2D eigenvalue weighted by Crippen LogP contribution is -1.98. The molecule has 0 fully saturated rings. The molecule has 1 aromatic rings. The summed E-state index contributed by atoms with van der Waals surface area (Å²) in [6, 6.07) is 8.13. The number of para-hydroxylation sites is 1. The first kappa shape index (κ1) is 12.2. The largest absolute Gasteiger partial charge is 0.354 e. The van der Waals surface area contributed by atoms with Crippen molar-refractivity contribution in [2.75, 3.05) is 5.32 Å². The summed E-state index contributed by atoms with van der Waals surface area (Å²) in [7, 11) is 0. The van der Waals surface area contributed by atoms with Crippen molar-refractivity contribution in [3.05, 3.63) is 54.4 Å². The Labute approximate surface area is 97.4 Å². The molecule has 0 radical (unpaired) electrons. The molecule has 0 aromatic heterocycles. The molecule has 0 aliphatic rings. The maximum absolute atomic E-state index is 4.24. The predicted molar refractivity (Wildman–Crippen MR) is 71.9 cm³/mol. The number of nitrogens with one attached hydrogen (secondary N) is 1. The summed E-state index contributed by atoms with van der Waals surface area (Å²) in [6.07, 6.45) is 3.55. The van der Waals surface area contributed by atoms with Gasteiger partial charge in [-0.2, -0.15) is 0 Å². The van der Waals surface area contributed by atoms with E-state index in [9.17, 15) is 0 Å². The second-order valence-electron chi connectivity index (χ2n) is 3.80. The molecule has 0 spiro atoms. The predicted octanol–water partition coefficient (Wildman–Crippen LogP) is 3.92. The van der Waals surface area contributed by atoms with Gasteiger partial charge in [-0.1, -0.05) is 24.8 Å². The summed E-state index contributed by atoms with van der Waals surface area (Å²) in [6.45, 7) is 9.76. The molecular formula is C14H18N2. The van der Waals surface area contributed by atoms with Crippen molar-refractivity contribution in [2.45, 2.75) is 20.8 Å². The molecule has 0 aliphatic carbocycles. The first-order valence-electron chi connectivity index (χ1n) is 5.29. The minimum absolute atomic E-state index is 0.899. The Morgan fingerprint density at radius 1 is 1.31 bits per heavy atom. The highest BCUT2D eigenvalue weighted by Crippen LogP contribution is 2.15. The fraction of sp³-hybridized carbons (Fsp3) is 0.214. The summed E-state index contributed by atoms with van der Waals surface area (Å²) in [5.41, 5.74) is 4.20. The van der Waals surface area contributed by atoms with Crippen LogP contribution in [-0.4, -0.2) is 5.71 Å². The summed E-state index contributed by atoms with van der Waals surface area (Å²) in [5.74, 6) is 0. The molecule has 16 heavy (non-hydrogen) atoms. The van der Waals surface area contributed by atoms with E-state index in [1.165, 1.54) is 5.56 Å². The third-order valence-electron chi connectivity index (χ3n) is 2.11. The van der Waals surface area contributed by atoms with E-state index in [1.807, 2.05) is 32.0 Å². The molecule has 0 atom stereocenters. The fourth-order valence-electron chi connectivity index (χ4n) is 1.20. The van der Waals surface area contributed by atoms with Crippen LogP contribution in [0.5, 0.6) is 0 Å². The Morgan fingerprint density at radius 3 is 2.56 bits per heavy atom. The maximum Gasteiger partial charge on any atom is 0.0564 e. The van der Waals surface area contributed by atoms with E-state index in [0.717, 1.165) is 17.1 Å². The molecule has 1 aromatic carbocycles. The minimum Gasteiger partial charge on any atom is -0.354 e. The summed E-state index contributed by atoms with van der Waals surface area (Å²) in [4.78, 5) is 4.24. The molecule has 1 rings (SSSR count). The molecule has 0 aliphatic heterocycles. The average molecular weight is 214 g/mol. The first-order chi connectivity index (χ1) is 7.63. The third kappa shape index (κ3) is 3.73. The molecule has 0 saturated carbocycles.